The van der Waals surface area contributed by atoms with Crippen molar-refractivity contribution in [2.45, 2.75) is 32.6 Å². The van der Waals surface area contributed by atoms with Crippen molar-refractivity contribution < 1.29 is 9.59 Å². The molecule has 0 aliphatic rings. The van der Waals surface area contributed by atoms with Gasteiger partial charge in [0.05, 0.1) is 15.7 Å². The van der Waals surface area contributed by atoms with Crippen LogP contribution in [0.3, 0.4) is 0 Å². The minimum atomic E-state index is -0.165. The van der Waals surface area contributed by atoms with E-state index < -0.39 is 0 Å². The summed E-state index contributed by atoms with van der Waals surface area (Å²) in [5.74, 6) is -0.208. The number of carbonyl (C=O) groups is 2. The van der Waals surface area contributed by atoms with Crippen LogP contribution in [0, 0.1) is 0 Å². The monoisotopic (exact) mass is 365 g/mol. The van der Waals surface area contributed by atoms with Crippen molar-refractivity contribution in [1.82, 2.24) is 10.7 Å². The molecule has 1 rings (SSSR count). The van der Waals surface area contributed by atoms with Gasteiger partial charge < -0.3 is 5.32 Å². The Kier molecular flexibility index (Phi) is 8.38. The summed E-state index contributed by atoms with van der Waals surface area (Å²) in [4.78, 5) is 22.4. The number of hydrogen-bond donors (Lipinski definition) is 3. The normalized spacial score (nSPS) is 10.2. The third-order valence-corrected chi connectivity index (χ3v) is 3.60. The number of amides is 2. The third-order valence-electron chi connectivity index (χ3n) is 2.79. The van der Waals surface area contributed by atoms with E-state index in [9.17, 15) is 9.59 Å². The van der Waals surface area contributed by atoms with Crippen LogP contribution in [-0.2, 0) is 9.59 Å². The topological polar surface area (TPSA) is 70.2 Å². The summed E-state index contributed by atoms with van der Waals surface area (Å²) in [5.41, 5.74) is 5.64. The number of hydrazine groups is 1. The summed E-state index contributed by atoms with van der Waals surface area (Å²) in [5, 5.41) is 3.78. The summed E-state index contributed by atoms with van der Waals surface area (Å²) in [6.45, 7) is 2.11. The average molecular weight is 367 g/mol. The van der Waals surface area contributed by atoms with Crippen molar-refractivity contribution in [3.05, 3.63) is 27.2 Å². The Morgan fingerprint density at radius 2 is 1.68 bits per heavy atom. The van der Waals surface area contributed by atoms with Crippen LogP contribution in [0.4, 0.5) is 5.69 Å². The maximum absolute atomic E-state index is 11.7. The molecule has 0 radical (unpaired) electrons. The van der Waals surface area contributed by atoms with E-state index >= 15 is 0 Å². The van der Waals surface area contributed by atoms with Gasteiger partial charge in [-0.1, -0.05) is 41.2 Å². The summed E-state index contributed by atoms with van der Waals surface area (Å²) >= 11 is 17.8. The third kappa shape index (κ3) is 7.20. The first kappa shape index (κ1) is 18.9. The smallest absolute Gasteiger partial charge is 0.238 e. The molecule has 22 heavy (non-hydrogen) atoms. The lowest BCUT2D eigenvalue weighted by Crippen LogP contribution is -2.29. The number of anilines is 1. The van der Waals surface area contributed by atoms with Crippen molar-refractivity contribution in [2.24, 2.45) is 0 Å². The summed E-state index contributed by atoms with van der Waals surface area (Å²) in [6.07, 6.45) is 2.80. The summed E-state index contributed by atoms with van der Waals surface area (Å²) < 4.78 is 0. The maximum Gasteiger partial charge on any atom is 0.238 e. The number of rotatable bonds is 8. The number of nitrogens with one attached hydrogen (secondary N) is 3. The highest BCUT2D eigenvalue weighted by Crippen LogP contribution is 2.33. The summed E-state index contributed by atoms with van der Waals surface area (Å²) in [7, 11) is 0. The van der Waals surface area contributed by atoms with Crippen molar-refractivity contribution >= 4 is 52.3 Å². The highest BCUT2D eigenvalue weighted by Gasteiger charge is 2.08. The SMILES string of the molecule is CC(=O)NCCCCCC(=O)NNc1c(Cl)cc(Cl)cc1Cl. The number of halogens is 3. The van der Waals surface area contributed by atoms with E-state index in [2.05, 4.69) is 16.2 Å². The van der Waals surface area contributed by atoms with E-state index in [1.165, 1.54) is 19.1 Å². The second-order valence-electron chi connectivity index (χ2n) is 4.71. The van der Waals surface area contributed by atoms with Crippen LogP contribution in [0.1, 0.15) is 32.6 Å². The second-order valence-corrected chi connectivity index (χ2v) is 5.96. The Morgan fingerprint density at radius 1 is 1.05 bits per heavy atom. The fourth-order valence-electron chi connectivity index (χ4n) is 1.71. The Morgan fingerprint density at radius 3 is 2.27 bits per heavy atom. The van der Waals surface area contributed by atoms with Crippen LogP contribution < -0.4 is 16.2 Å². The van der Waals surface area contributed by atoms with Crippen molar-refractivity contribution in [2.75, 3.05) is 12.0 Å². The molecule has 0 saturated carbocycles. The van der Waals surface area contributed by atoms with Gasteiger partial charge >= 0.3 is 0 Å². The van der Waals surface area contributed by atoms with E-state index in [4.69, 9.17) is 34.8 Å². The lowest BCUT2D eigenvalue weighted by Gasteiger charge is -2.12. The van der Waals surface area contributed by atoms with Gasteiger partial charge in [-0.15, -0.1) is 0 Å². The lowest BCUT2D eigenvalue weighted by molar-refractivity contribution is -0.121. The molecule has 0 unspecified atom stereocenters. The number of carbonyl (C=O) groups excluding carboxylic acids is 2. The molecular formula is C14H18Cl3N3O2. The summed E-state index contributed by atoms with van der Waals surface area (Å²) in [6, 6.07) is 3.07. The number of hydrogen-bond acceptors (Lipinski definition) is 3. The Balaban J connectivity index is 2.25. The molecule has 5 nitrogen and oxygen atoms in total. The highest BCUT2D eigenvalue weighted by atomic mass is 35.5. The molecule has 3 N–H and O–H groups in total. The number of unbranched alkanes of at least 4 members (excludes halogenated alkanes) is 2. The Bertz CT molecular complexity index is 515. The molecule has 0 aromatic heterocycles. The predicted molar refractivity (Wildman–Crippen MR) is 90.4 cm³/mol. The van der Waals surface area contributed by atoms with Gasteiger partial charge in [0.25, 0.3) is 0 Å². The van der Waals surface area contributed by atoms with Crippen LogP contribution in [0.25, 0.3) is 0 Å². The Labute approximate surface area is 144 Å². The van der Waals surface area contributed by atoms with E-state index in [1.54, 1.807) is 0 Å². The highest BCUT2D eigenvalue weighted by molar-refractivity contribution is 6.41. The van der Waals surface area contributed by atoms with Crippen molar-refractivity contribution in [3.8, 4) is 0 Å². The van der Waals surface area contributed by atoms with E-state index in [0.717, 1.165) is 19.3 Å². The first-order valence-electron chi connectivity index (χ1n) is 6.84. The zero-order valence-electron chi connectivity index (χ0n) is 12.1. The standard InChI is InChI=1S/C14H18Cl3N3O2/c1-9(21)18-6-4-2-3-5-13(22)19-20-14-11(16)7-10(15)8-12(14)17/h7-8,20H,2-6H2,1H3,(H,18,21)(H,19,22). The lowest BCUT2D eigenvalue weighted by atomic mass is 10.2. The van der Waals surface area contributed by atoms with E-state index in [0.29, 0.717) is 33.7 Å². The average Bonchev–Trinajstić information content (AvgIpc) is 2.41. The zero-order chi connectivity index (χ0) is 16.5. The van der Waals surface area contributed by atoms with Gasteiger partial charge in [-0.3, -0.25) is 20.4 Å². The number of benzene rings is 1. The fourth-order valence-corrected chi connectivity index (χ4v) is 2.62. The zero-order valence-corrected chi connectivity index (χ0v) is 14.4. The van der Waals surface area contributed by atoms with Crippen molar-refractivity contribution in [1.29, 1.82) is 0 Å². The largest absolute Gasteiger partial charge is 0.356 e. The van der Waals surface area contributed by atoms with Crippen molar-refractivity contribution in [3.63, 3.8) is 0 Å². The molecule has 0 bridgehead atoms. The molecule has 122 valence electrons. The quantitative estimate of drug-likeness (QED) is 0.484. The van der Waals surface area contributed by atoms with Crippen LogP contribution in [0.15, 0.2) is 12.1 Å². The molecule has 0 spiro atoms. The molecule has 8 heteroatoms. The van der Waals surface area contributed by atoms with E-state index in [1.807, 2.05) is 0 Å². The maximum atomic E-state index is 11.7. The predicted octanol–water partition coefficient (Wildman–Crippen LogP) is 3.79. The second kappa shape index (κ2) is 9.77. The van der Waals surface area contributed by atoms with Gasteiger partial charge in [-0.2, -0.15) is 0 Å². The minimum Gasteiger partial charge on any atom is -0.356 e. The molecule has 0 aliphatic heterocycles. The van der Waals surface area contributed by atoms with Gasteiger partial charge in [-0.05, 0) is 25.0 Å². The Hall–Kier alpha value is -1.17. The molecule has 0 saturated heterocycles. The fraction of sp³-hybridized carbons (Fsp3) is 0.429. The first-order valence-corrected chi connectivity index (χ1v) is 7.97. The minimum absolute atomic E-state index is 0.0429. The van der Waals surface area contributed by atoms with Gasteiger partial charge in [0.15, 0.2) is 0 Å². The van der Waals surface area contributed by atoms with E-state index in [-0.39, 0.29) is 11.8 Å². The molecule has 0 heterocycles. The van der Waals surface area contributed by atoms with Gasteiger partial charge in [-0.25, -0.2) is 0 Å². The molecule has 0 atom stereocenters. The molecular weight excluding hydrogens is 349 g/mol. The first-order chi connectivity index (χ1) is 10.4. The molecule has 1 aromatic carbocycles. The molecule has 1 aromatic rings. The molecule has 2 amide bonds. The van der Waals surface area contributed by atoms with Crippen LogP contribution >= 0.6 is 34.8 Å². The van der Waals surface area contributed by atoms with Gasteiger partial charge in [0.2, 0.25) is 11.8 Å². The molecule has 0 fully saturated rings. The molecule has 0 aliphatic carbocycles. The van der Waals surface area contributed by atoms with Crippen LogP contribution in [-0.4, -0.2) is 18.4 Å². The van der Waals surface area contributed by atoms with Gasteiger partial charge in [0.1, 0.15) is 0 Å². The van der Waals surface area contributed by atoms with Gasteiger partial charge in [0, 0.05) is 24.9 Å². The van der Waals surface area contributed by atoms with Crippen LogP contribution in [0.5, 0.6) is 0 Å². The van der Waals surface area contributed by atoms with Crippen LogP contribution in [0.2, 0.25) is 15.1 Å².